The minimum Gasteiger partial charge on any atom is -0.444 e. The van der Waals surface area contributed by atoms with Gasteiger partial charge in [-0.25, -0.2) is 4.79 Å². The van der Waals surface area contributed by atoms with Crippen molar-refractivity contribution in [1.29, 1.82) is 0 Å². The quantitative estimate of drug-likeness (QED) is 0.333. The van der Waals surface area contributed by atoms with E-state index in [0.29, 0.717) is 18.9 Å². The first-order valence-corrected chi connectivity index (χ1v) is 14.7. The molecule has 11 heteroatoms. The average Bonchev–Trinajstić information content (AvgIpc) is 3.10. The lowest BCUT2D eigenvalue weighted by Gasteiger charge is -2.49. The van der Waals surface area contributed by atoms with Crippen molar-refractivity contribution in [3.8, 4) is 0 Å². The Morgan fingerprint density at radius 1 is 1.08 bits per heavy atom. The molecular weight excluding hydrogens is 519 g/mol. The van der Waals surface area contributed by atoms with E-state index in [2.05, 4.69) is 39.0 Å². The standard InChI is InChI=1S/C28H49N4O6P/c1-26(2,3)21(30-25(37)38-27(4,5)6)24(36)32-14-16-13-28(7,8)18(16)19(32)22(34)29-17(12-15-10-9-11-15)20(33)23(35)31-39/h15-21,33H,9-14,39H2,1-8H3,(H,29,34)(H,30,37)(H,31,35)/t16?,17?,18-,19-,20?,21+/m0/s1. The van der Waals surface area contributed by atoms with Gasteiger partial charge in [0.2, 0.25) is 11.8 Å². The first-order chi connectivity index (χ1) is 17.9. The number of alkyl carbamates (subject to hydrolysis) is 1. The Labute approximate surface area is 235 Å². The molecule has 1 heterocycles. The van der Waals surface area contributed by atoms with Gasteiger partial charge in [0, 0.05) is 6.54 Å². The Balaban J connectivity index is 1.88. The van der Waals surface area contributed by atoms with Crippen molar-refractivity contribution >= 4 is 33.2 Å². The Hall–Kier alpha value is -1.93. The number of carbonyl (C=O) groups is 4. The van der Waals surface area contributed by atoms with Gasteiger partial charge in [0.1, 0.15) is 17.7 Å². The summed E-state index contributed by atoms with van der Waals surface area (Å²) in [6.45, 7) is 15.5. The van der Waals surface area contributed by atoms with E-state index in [4.69, 9.17) is 4.74 Å². The largest absolute Gasteiger partial charge is 0.444 e. The molecule has 39 heavy (non-hydrogen) atoms. The summed E-state index contributed by atoms with van der Waals surface area (Å²) in [5.74, 6) is -0.862. The van der Waals surface area contributed by atoms with Crippen LogP contribution in [0.25, 0.3) is 0 Å². The van der Waals surface area contributed by atoms with Crippen LogP contribution in [0.1, 0.15) is 87.5 Å². The van der Waals surface area contributed by atoms with Crippen molar-refractivity contribution in [3.05, 3.63) is 0 Å². The molecule has 0 aromatic carbocycles. The van der Waals surface area contributed by atoms with Gasteiger partial charge >= 0.3 is 6.09 Å². The van der Waals surface area contributed by atoms with Crippen LogP contribution in [0.4, 0.5) is 4.79 Å². The summed E-state index contributed by atoms with van der Waals surface area (Å²) in [4.78, 5) is 54.7. The molecule has 4 N–H and O–H groups in total. The third kappa shape index (κ3) is 7.24. The van der Waals surface area contributed by atoms with E-state index in [0.717, 1.165) is 25.7 Å². The normalized spacial score (nSPS) is 26.7. The van der Waals surface area contributed by atoms with E-state index in [1.54, 1.807) is 25.7 Å². The molecule has 0 aromatic heterocycles. The topological polar surface area (TPSA) is 137 Å². The van der Waals surface area contributed by atoms with E-state index in [1.807, 2.05) is 20.8 Å². The average molecular weight is 569 g/mol. The first kappa shape index (κ1) is 31.6. The summed E-state index contributed by atoms with van der Waals surface area (Å²) in [5, 5.41) is 18.9. The molecular formula is C28H49N4O6P. The lowest BCUT2D eigenvalue weighted by Crippen LogP contribution is -2.62. The molecule has 0 bridgehead atoms. The van der Waals surface area contributed by atoms with Crippen LogP contribution in [0.15, 0.2) is 0 Å². The zero-order chi connectivity index (χ0) is 29.5. The number of hydrogen-bond acceptors (Lipinski definition) is 6. The van der Waals surface area contributed by atoms with E-state index < -0.39 is 47.2 Å². The van der Waals surface area contributed by atoms with Gasteiger partial charge in [0.15, 0.2) is 6.10 Å². The van der Waals surface area contributed by atoms with E-state index >= 15 is 0 Å². The maximum atomic E-state index is 14.1. The van der Waals surface area contributed by atoms with Crippen LogP contribution in [-0.4, -0.2) is 70.2 Å². The predicted octanol–water partition coefficient (Wildman–Crippen LogP) is 2.74. The summed E-state index contributed by atoms with van der Waals surface area (Å²) in [5.41, 5.74) is -1.53. The molecule has 1 saturated heterocycles. The maximum Gasteiger partial charge on any atom is 0.408 e. The fourth-order valence-corrected chi connectivity index (χ4v) is 6.67. The van der Waals surface area contributed by atoms with Gasteiger partial charge in [-0.05, 0) is 71.6 Å². The number of amides is 4. The number of carbonyl (C=O) groups excluding carboxylic acids is 4. The second-order valence-corrected chi connectivity index (χ2v) is 14.7. The predicted molar refractivity (Wildman–Crippen MR) is 151 cm³/mol. The Bertz CT molecular complexity index is 955. The molecule has 1 aliphatic heterocycles. The van der Waals surface area contributed by atoms with Gasteiger partial charge < -0.3 is 30.5 Å². The van der Waals surface area contributed by atoms with Gasteiger partial charge in [-0.1, -0.05) is 53.9 Å². The smallest absolute Gasteiger partial charge is 0.408 e. The second kappa shape index (κ2) is 11.5. The monoisotopic (exact) mass is 568 g/mol. The number of nitrogens with one attached hydrogen (secondary N) is 3. The number of rotatable bonds is 8. The van der Waals surface area contributed by atoms with Crippen LogP contribution >= 0.6 is 9.39 Å². The molecule has 3 rings (SSSR count). The summed E-state index contributed by atoms with van der Waals surface area (Å²) >= 11 is 0. The van der Waals surface area contributed by atoms with E-state index in [9.17, 15) is 24.3 Å². The highest BCUT2D eigenvalue weighted by atomic mass is 31.0. The molecule has 2 saturated carbocycles. The maximum absolute atomic E-state index is 14.1. The molecule has 7 atom stereocenters. The van der Waals surface area contributed by atoms with Crippen LogP contribution in [0.2, 0.25) is 0 Å². The minimum atomic E-state index is -1.40. The highest BCUT2D eigenvalue weighted by Crippen LogP contribution is 2.57. The number of likely N-dealkylation sites (tertiary alicyclic amines) is 1. The van der Waals surface area contributed by atoms with Gasteiger partial charge in [-0.3, -0.25) is 14.4 Å². The van der Waals surface area contributed by atoms with Crippen molar-refractivity contribution in [3.63, 3.8) is 0 Å². The highest BCUT2D eigenvalue weighted by Gasteiger charge is 2.61. The van der Waals surface area contributed by atoms with E-state index in [1.165, 1.54) is 0 Å². The molecule has 0 spiro atoms. The van der Waals surface area contributed by atoms with Crippen LogP contribution in [0.3, 0.4) is 0 Å². The minimum absolute atomic E-state index is 0.0688. The van der Waals surface area contributed by atoms with Gasteiger partial charge in [0.05, 0.1) is 6.04 Å². The van der Waals surface area contributed by atoms with Crippen LogP contribution in [0.5, 0.6) is 0 Å². The van der Waals surface area contributed by atoms with Crippen LogP contribution in [0, 0.1) is 28.6 Å². The lowest BCUT2D eigenvalue weighted by atomic mass is 9.55. The Morgan fingerprint density at radius 2 is 1.69 bits per heavy atom. The highest BCUT2D eigenvalue weighted by molar-refractivity contribution is 7.15. The molecule has 222 valence electrons. The fraction of sp³-hybridized carbons (Fsp3) is 0.857. The van der Waals surface area contributed by atoms with Crippen molar-refractivity contribution < 1.29 is 29.0 Å². The van der Waals surface area contributed by atoms with Gasteiger partial charge in [-0.2, -0.15) is 0 Å². The van der Waals surface area contributed by atoms with Crippen LogP contribution < -0.4 is 15.7 Å². The molecule has 3 aliphatic rings. The zero-order valence-electron chi connectivity index (χ0n) is 24.8. The molecule has 4 unspecified atom stereocenters. The number of hydrogen-bond donors (Lipinski definition) is 4. The first-order valence-electron chi connectivity index (χ1n) is 14.1. The molecule has 4 amide bonds. The SMILES string of the molecule is CC(C)(C)OC(=O)N[C@H](C(=O)N1CC2CC(C)(C)[C@@H]2[C@H]1C(=O)NC(CC1CCC1)C(O)C(=O)NP)C(C)(C)C. The Morgan fingerprint density at radius 3 is 2.15 bits per heavy atom. The molecule has 0 aromatic rings. The van der Waals surface area contributed by atoms with Crippen molar-refractivity contribution in [2.24, 2.45) is 28.6 Å². The molecule has 3 fully saturated rings. The second-order valence-electron chi connectivity index (χ2n) is 14.5. The third-order valence-corrected chi connectivity index (χ3v) is 8.85. The third-order valence-electron chi connectivity index (χ3n) is 8.56. The fourth-order valence-electron chi connectivity index (χ4n) is 6.50. The van der Waals surface area contributed by atoms with Crippen molar-refractivity contribution in [1.82, 2.24) is 20.6 Å². The van der Waals surface area contributed by atoms with Gasteiger partial charge in [0.25, 0.3) is 5.91 Å². The Kier molecular flexibility index (Phi) is 9.33. The number of nitrogens with zero attached hydrogens (tertiary/aromatic N) is 1. The number of fused-ring (bicyclic) bond motifs is 1. The lowest BCUT2D eigenvalue weighted by molar-refractivity contribution is -0.145. The number of aliphatic hydroxyl groups is 1. The molecule has 2 aliphatic carbocycles. The summed E-state index contributed by atoms with van der Waals surface area (Å²) in [6, 6.07) is -2.45. The summed E-state index contributed by atoms with van der Waals surface area (Å²) < 4.78 is 5.44. The van der Waals surface area contributed by atoms with E-state index in [-0.39, 0.29) is 29.1 Å². The summed E-state index contributed by atoms with van der Waals surface area (Å²) in [6.07, 6.45) is 2.38. The van der Waals surface area contributed by atoms with Crippen molar-refractivity contribution in [2.45, 2.75) is 117 Å². The van der Waals surface area contributed by atoms with Gasteiger partial charge in [-0.15, -0.1) is 0 Å². The van der Waals surface area contributed by atoms with Crippen LogP contribution in [-0.2, 0) is 19.1 Å². The number of ether oxygens (including phenoxy) is 1. The molecule has 10 nitrogen and oxygen atoms in total. The zero-order valence-corrected chi connectivity index (χ0v) is 26.0. The summed E-state index contributed by atoms with van der Waals surface area (Å²) in [7, 11) is 2.09. The van der Waals surface area contributed by atoms with Crippen molar-refractivity contribution in [2.75, 3.05) is 6.54 Å². The molecule has 0 radical (unpaired) electrons. The number of aliphatic hydroxyl groups excluding tert-OH is 1.